The van der Waals surface area contributed by atoms with Crippen LogP contribution in [0.4, 0.5) is 0 Å². The summed E-state index contributed by atoms with van der Waals surface area (Å²) in [5, 5.41) is 7.74. The summed E-state index contributed by atoms with van der Waals surface area (Å²) in [4.78, 5) is 19.0. The van der Waals surface area contributed by atoms with Crippen molar-refractivity contribution in [2.75, 3.05) is 32.8 Å². The molecule has 2 aromatic heterocycles. The van der Waals surface area contributed by atoms with Crippen LogP contribution in [0.2, 0.25) is 10.0 Å². The summed E-state index contributed by atoms with van der Waals surface area (Å²) in [7, 11) is 0. The standard InChI is InChI=1S/C20H20Cl2N4O4/c21-14-3-1-4-15(22)13(14)11-18-24-20(30-25-18)19(27)23-12-16(17-5-2-8-29-17)26-6-9-28-10-7-26/h1-5,8,16H,6-7,9-12H2,(H,23,27)/t16-/m1/s1. The average molecular weight is 451 g/mol. The van der Waals surface area contributed by atoms with Crippen LogP contribution < -0.4 is 5.32 Å². The molecule has 1 amide bonds. The van der Waals surface area contributed by atoms with Gasteiger partial charge in [-0.15, -0.1) is 0 Å². The first-order chi connectivity index (χ1) is 14.6. The molecule has 0 unspecified atom stereocenters. The number of benzene rings is 1. The first-order valence-corrected chi connectivity index (χ1v) is 10.3. The van der Waals surface area contributed by atoms with E-state index in [4.69, 9.17) is 36.9 Å². The first kappa shape index (κ1) is 20.9. The van der Waals surface area contributed by atoms with Gasteiger partial charge in [0.25, 0.3) is 0 Å². The van der Waals surface area contributed by atoms with Crippen LogP contribution in [0.5, 0.6) is 0 Å². The zero-order chi connectivity index (χ0) is 20.9. The molecule has 1 saturated heterocycles. The Balaban J connectivity index is 1.41. The quantitative estimate of drug-likeness (QED) is 0.589. The van der Waals surface area contributed by atoms with Crippen LogP contribution in [0.15, 0.2) is 45.5 Å². The van der Waals surface area contributed by atoms with Crippen molar-refractivity contribution in [2.45, 2.75) is 12.5 Å². The number of furan rings is 1. The Morgan fingerprint density at radius 3 is 2.63 bits per heavy atom. The molecule has 0 spiro atoms. The Morgan fingerprint density at radius 2 is 1.93 bits per heavy atom. The van der Waals surface area contributed by atoms with Gasteiger partial charge in [0.15, 0.2) is 5.82 Å². The van der Waals surface area contributed by atoms with Gasteiger partial charge in [-0.3, -0.25) is 9.69 Å². The van der Waals surface area contributed by atoms with Gasteiger partial charge >= 0.3 is 11.8 Å². The van der Waals surface area contributed by atoms with Gasteiger partial charge in [0.2, 0.25) is 0 Å². The minimum atomic E-state index is -0.455. The number of aromatic nitrogens is 2. The SMILES string of the molecule is O=C(NC[C@H](c1ccco1)N1CCOCC1)c1nc(Cc2c(Cl)cccc2Cl)no1. The summed E-state index contributed by atoms with van der Waals surface area (Å²) in [6.07, 6.45) is 1.88. The Morgan fingerprint density at radius 1 is 1.17 bits per heavy atom. The summed E-state index contributed by atoms with van der Waals surface area (Å²) >= 11 is 12.4. The third-order valence-corrected chi connectivity index (χ3v) is 5.58. The van der Waals surface area contributed by atoms with E-state index >= 15 is 0 Å². The molecule has 8 nitrogen and oxygen atoms in total. The van der Waals surface area contributed by atoms with Crippen LogP contribution in [0.3, 0.4) is 0 Å². The molecule has 30 heavy (non-hydrogen) atoms. The second-order valence-electron chi connectivity index (χ2n) is 6.78. The highest BCUT2D eigenvalue weighted by Crippen LogP contribution is 2.26. The summed E-state index contributed by atoms with van der Waals surface area (Å²) < 4.78 is 16.1. The lowest BCUT2D eigenvalue weighted by Gasteiger charge is -2.33. The third kappa shape index (κ3) is 4.84. The zero-order valence-corrected chi connectivity index (χ0v) is 17.5. The van der Waals surface area contributed by atoms with Gasteiger partial charge < -0.3 is 19.0 Å². The van der Waals surface area contributed by atoms with Crippen LogP contribution in [-0.4, -0.2) is 53.8 Å². The molecule has 3 aromatic rings. The number of nitrogens with one attached hydrogen (secondary N) is 1. The first-order valence-electron chi connectivity index (χ1n) is 9.50. The van der Waals surface area contributed by atoms with Crippen molar-refractivity contribution in [3.8, 4) is 0 Å². The lowest BCUT2D eigenvalue weighted by molar-refractivity contribution is 0.0117. The van der Waals surface area contributed by atoms with Crippen LogP contribution in [0.25, 0.3) is 0 Å². The second-order valence-corrected chi connectivity index (χ2v) is 7.60. The highest BCUT2D eigenvalue weighted by molar-refractivity contribution is 6.36. The van der Waals surface area contributed by atoms with E-state index in [1.807, 2.05) is 12.1 Å². The number of hydrogen-bond donors (Lipinski definition) is 1. The fraction of sp³-hybridized carbons (Fsp3) is 0.350. The lowest BCUT2D eigenvalue weighted by Crippen LogP contribution is -2.43. The van der Waals surface area contributed by atoms with E-state index in [2.05, 4.69) is 20.4 Å². The van der Waals surface area contributed by atoms with Gasteiger partial charge in [-0.05, 0) is 29.8 Å². The molecule has 1 aliphatic rings. The van der Waals surface area contributed by atoms with E-state index in [1.165, 1.54) is 0 Å². The van der Waals surface area contributed by atoms with E-state index < -0.39 is 5.91 Å². The molecule has 1 N–H and O–H groups in total. The van der Waals surface area contributed by atoms with Crippen molar-refractivity contribution < 1.29 is 18.5 Å². The predicted molar refractivity (Wildman–Crippen MR) is 110 cm³/mol. The molecule has 1 fully saturated rings. The summed E-state index contributed by atoms with van der Waals surface area (Å²) in [5.41, 5.74) is 0.679. The molecule has 1 aliphatic heterocycles. The number of amides is 1. The number of ether oxygens (including phenoxy) is 1. The average Bonchev–Trinajstić information content (AvgIpc) is 3.44. The number of rotatable bonds is 7. The Labute approximate surface area is 183 Å². The number of morpholine rings is 1. The number of hydrogen-bond acceptors (Lipinski definition) is 7. The van der Waals surface area contributed by atoms with Gasteiger partial charge in [-0.2, -0.15) is 4.98 Å². The van der Waals surface area contributed by atoms with E-state index in [9.17, 15) is 4.79 Å². The topological polar surface area (TPSA) is 93.6 Å². The van der Waals surface area contributed by atoms with Crippen molar-refractivity contribution in [1.29, 1.82) is 0 Å². The lowest BCUT2D eigenvalue weighted by atomic mass is 10.1. The van der Waals surface area contributed by atoms with Gasteiger partial charge in [0.05, 0.1) is 25.5 Å². The molecule has 0 bridgehead atoms. The Hall–Kier alpha value is -2.39. The van der Waals surface area contributed by atoms with Gasteiger partial charge in [0.1, 0.15) is 5.76 Å². The number of carbonyl (C=O) groups excluding carboxylic acids is 1. The Kier molecular flexibility index (Phi) is 6.69. The maximum Gasteiger partial charge on any atom is 0.315 e. The van der Waals surface area contributed by atoms with Crippen molar-refractivity contribution in [3.63, 3.8) is 0 Å². The van der Waals surface area contributed by atoms with Crippen molar-refractivity contribution in [2.24, 2.45) is 0 Å². The second kappa shape index (κ2) is 9.61. The summed E-state index contributed by atoms with van der Waals surface area (Å²) in [5.74, 6) is 0.528. The van der Waals surface area contributed by atoms with Crippen LogP contribution in [0.1, 0.15) is 33.9 Å². The fourth-order valence-corrected chi connectivity index (χ4v) is 3.85. The number of nitrogens with zero attached hydrogens (tertiary/aromatic N) is 3. The summed E-state index contributed by atoms with van der Waals surface area (Å²) in [6.45, 7) is 3.13. The van der Waals surface area contributed by atoms with Gasteiger partial charge in [-0.1, -0.05) is 34.4 Å². The molecular formula is C20H20Cl2N4O4. The number of halogens is 2. The molecule has 4 rings (SSSR count). The molecule has 1 atom stereocenters. The molecule has 3 heterocycles. The minimum absolute atomic E-state index is 0.114. The van der Waals surface area contributed by atoms with E-state index in [-0.39, 0.29) is 18.4 Å². The highest BCUT2D eigenvalue weighted by Gasteiger charge is 2.26. The normalized spacial score (nSPS) is 15.8. The van der Waals surface area contributed by atoms with Crippen molar-refractivity contribution in [3.05, 3.63) is 69.7 Å². The smallest absolute Gasteiger partial charge is 0.315 e. The molecule has 158 valence electrons. The number of carbonyl (C=O) groups is 1. The monoisotopic (exact) mass is 450 g/mol. The molecule has 10 heteroatoms. The predicted octanol–water partition coefficient (Wildman–Crippen LogP) is 3.36. The molecule has 1 aromatic carbocycles. The minimum Gasteiger partial charge on any atom is -0.468 e. The van der Waals surface area contributed by atoms with E-state index in [1.54, 1.807) is 24.5 Å². The highest BCUT2D eigenvalue weighted by atomic mass is 35.5. The maximum atomic E-state index is 12.6. The maximum absolute atomic E-state index is 12.6. The van der Waals surface area contributed by atoms with Gasteiger partial charge in [-0.25, -0.2) is 0 Å². The molecule has 0 aliphatic carbocycles. The van der Waals surface area contributed by atoms with Crippen molar-refractivity contribution >= 4 is 29.1 Å². The van der Waals surface area contributed by atoms with E-state index in [0.717, 1.165) is 18.8 Å². The molecular weight excluding hydrogens is 431 g/mol. The summed E-state index contributed by atoms with van der Waals surface area (Å²) in [6, 6.07) is 8.83. The van der Waals surface area contributed by atoms with Crippen LogP contribution >= 0.6 is 23.2 Å². The van der Waals surface area contributed by atoms with Gasteiger partial charge in [0, 0.05) is 36.1 Å². The largest absolute Gasteiger partial charge is 0.468 e. The van der Waals surface area contributed by atoms with E-state index in [0.29, 0.717) is 41.2 Å². The zero-order valence-electron chi connectivity index (χ0n) is 16.0. The van der Waals surface area contributed by atoms with Crippen LogP contribution in [-0.2, 0) is 11.2 Å². The molecule has 0 saturated carbocycles. The third-order valence-electron chi connectivity index (χ3n) is 4.87. The van der Waals surface area contributed by atoms with Crippen molar-refractivity contribution in [1.82, 2.24) is 20.4 Å². The molecule has 0 radical (unpaired) electrons. The Bertz CT molecular complexity index is 966. The van der Waals surface area contributed by atoms with Crippen LogP contribution in [0, 0.1) is 0 Å². The fourth-order valence-electron chi connectivity index (χ4n) is 3.32.